The lowest BCUT2D eigenvalue weighted by molar-refractivity contribution is -0.118. The Morgan fingerprint density at radius 3 is 2.59 bits per heavy atom. The quantitative estimate of drug-likeness (QED) is 0.500. The van der Waals surface area contributed by atoms with Gasteiger partial charge in [0.05, 0.1) is 10.9 Å². The molecular formula is C18H23N5O3S. The van der Waals surface area contributed by atoms with Crippen LogP contribution in [0.1, 0.15) is 43.4 Å². The Balaban J connectivity index is 2.09. The molecule has 1 aromatic carbocycles. The van der Waals surface area contributed by atoms with Crippen LogP contribution in [0.3, 0.4) is 0 Å². The lowest BCUT2D eigenvalue weighted by Crippen LogP contribution is -2.24. The first-order chi connectivity index (χ1) is 12.8. The van der Waals surface area contributed by atoms with Crippen molar-refractivity contribution < 1.29 is 14.4 Å². The number of thioether (sulfide) groups is 1. The van der Waals surface area contributed by atoms with E-state index in [2.05, 4.69) is 15.5 Å². The molecule has 0 spiro atoms. The van der Waals surface area contributed by atoms with Gasteiger partial charge in [-0.25, -0.2) is 0 Å². The van der Waals surface area contributed by atoms with E-state index in [1.165, 1.54) is 18.7 Å². The molecule has 2 amide bonds. The molecular weight excluding hydrogens is 366 g/mol. The highest BCUT2D eigenvalue weighted by molar-refractivity contribution is 8.00. The van der Waals surface area contributed by atoms with E-state index < -0.39 is 11.2 Å². The van der Waals surface area contributed by atoms with Crippen molar-refractivity contribution in [1.82, 2.24) is 14.8 Å². The van der Waals surface area contributed by atoms with Crippen molar-refractivity contribution in [3.05, 3.63) is 35.7 Å². The van der Waals surface area contributed by atoms with Gasteiger partial charge in [0.1, 0.15) is 5.82 Å². The van der Waals surface area contributed by atoms with Crippen LogP contribution in [0.15, 0.2) is 29.4 Å². The largest absolute Gasteiger partial charge is 0.370 e. The number of carbonyl (C=O) groups excluding carboxylic acids is 3. The van der Waals surface area contributed by atoms with Crippen LogP contribution in [0.5, 0.6) is 0 Å². The maximum atomic E-state index is 12.6. The average molecular weight is 389 g/mol. The van der Waals surface area contributed by atoms with E-state index >= 15 is 0 Å². The van der Waals surface area contributed by atoms with Gasteiger partial charge in [-0.15, -0.1) is 10.2 Å². The Morgan fingerprint density at radius 1 is 1.26 bits per heavy atom. The molecule has 0 saturated carbocycles. The van der Waals surface area contributed by atoms with Crippen LogP contribution < -0.4 is 11.1 Å². The summed E-state index contributed by atoms with van der Waals surface area (Å²) in [7, 11) is 0. The van der Waals surface area contributed by atoms with E-state index in [4.69, 9.17) is 5.73 Å². The van der Waals surface area contributed by atoms with Crippen LogP contribution in [0.25, 0.3) is 0 Å². The number of amides is 2. The topological polar surface area (TPSA) is 120 Å². The molecule has 2 rings (SSSR count). The number of nitrogens with two attached hydrogens (primary N) is 1. The molecule has 27 heavy (non-hydrogen) atoms. The minimum atomic E-state index is -0.455. The second kappa shape index (κ2) is 9.31. The van der Waals surface area contributed by atoms with Gasteiger partial charge in [0.25, 0.3) is 0 Å². The highest BCUT2D eigenvalue weighted by Crippen LogP contribution is 2.24. The molecule has 0 bridgehead atoms. The Kier molecular flexibility index (Phi) is 7.12. The second-order valence-corrected chi connectivity index (χ2v) is 7.27. The fourth-order valence-corrected chi connectivity index (χ4v) is 3.42. The van der Waals surface area contributed by atoms with Gasteiger partial charge in [-0.2, -0.15) is 0 Å². The third-order valence-corrected chi connectivity index (χ3v) is 5.00. The van der Waals surface area contributed by atoms with Gasteiger partial charge in [-0.3, -0.25) is 14.4 Å². The fourth-order valence-electron chi connectivity index (χ4n) is 2.49. The Morgan fingerprint density at radius 2 is 1.96 bits per heavy atom. The zero-order valence-corrected chi connectivity index (χ0v) is 16.4. The number of para-hydroxylation sites is 1. The monoisotopic (exact) mass is 389 g/mol. The molecule has 9 heteroatoms. The van der Waals surface area contributed by atoms with Crippen molar-refractivity contribution in [2.24, 2.45) is 5.73 Å². The molecule has 0 aliphatic heterocycles. The number of aryl methyl sites for hydroxylation is 1. The lowest BCUT2D eigenvalue weighted by atomic mass is 10.1. The number of benzene rings is 1. The lowest BCUT2D eigenvalue weighted by Gasteiger charge is -2.14. The van der Waals surface area contributed by atoms with E-state index in [-0.39, 0.29) is 18.1 Å². The molecule has 0 aliphatic rings. The number of carbonyl (C=O) groups is 3. The first kappa shape index (κ1) is 20.6. The first-order valence-electron chi connectivity index (χ1n) is 8.61. The molecule has 2 aromatic rings. The van der Waals surface area contributed by atoms with Gasteiger partial charge >= 0.3 is 0 Å². The Hall–Kier alpha value is -2.68. The SMILES string of the molecule is CCn1c(CCC(N)=O)nnc1S[C@H](C)C(=O)Nc1ccccc1C(C)=O. The van der Waals surface area contributed by atoms with Crippen LogP contribution in [-0.4, -0.2) is 37.6 Å². The van der Waals surface area contributed by atoms with Gasteiger partial charge in [0.15, 0.2) is 10.9 Å². The smallest absolute Gasteiger partial charge is 0.237 e. The maximum absolute atomic E-state index is 12.6. The van der Waals surface area contributed by atoms with Gasteiger partial charge in [-0.05, 0) is 32.9 Å². The van der Waals surface area contributed by atoms with Crippen LogP contribution in [0.2, 0.25) is 0 Å². The van der Waals surface area contributed by atoms with Gasteiger partial charge in [0, 0.05) is 24.9 Å². The molecule has 0 unspecified atom stereocenters. The molecule has 0 radical (unpaired) electrons. The summed E-state index contributed by atoms with van der Waals surface area (Å²) >= 11 is 1.27. The molecule has 1 aromatic heterocycles. The number of hydrogen-bond acceptors (Lipinski definition) is 6. The summed E-state index contributed by atoms with van der Waals surface area (Å²) in [6.07, 6.45) is 0.601. The first-order valence-corrected chi connectivity index (χ1v) is 9.49. The number of hydrogen-bond donors (Lipinski definition) is 2. The summed E-state index contributed by atoms with van der Waals surface area (Å²) < 4.78 is 1.86. The number of ketones is 1. The van der Waals surface area contributed by atoms with Gasteiger partial charge in [0.2, 0.25) is 11.8 Å². The summed E-state index contributed by atoms with van der Waals surface area (Å²) in [5.41, 5.74) is 6.14. The molecule has 1 atom stereocenters. The highest BCUT2D eigenvalue weighted by atomic mass is 32.2. The number of nitrogens with zero attached hydrogens (tertiary/aromatic N) is 3. The van der Waals surface area contributed by atoms with E-state index in [9.17, 15) is 14.4 Å². The summed E-state index contributed by atoms with van der Waals surface area (Å²) in [5, 5.41) is 11.2. The summed E-state index contributed by atoms with van der Waals surface area (Å²) in [6, 6.07) is 6.89. The van der Waals surface area contributed by atoms with Crippen molar-refractivity contribution in [1.29, 1.82) is 0 Å². The van der Waals surface area contributed by atoms with Crippen LogP contribution in [0.4, 0.5) is 5.69 Å². The third-order valence-electron chi connectivity index (χ3n) is 3.92. The maximum Gasteiger partial charge on any atom is 0.237 e. The predicted molar refractivity (Wildman–Crippen MR) is 104 cm³/mol. The number of Topliss-reactive ketones (excluding diaryl/α,β-unsaturated/α-hetero) is 1. The summed E-state index contributed by atoms with van der Waals surface area (Å²) in [5.74, 6) is -0.0888. The minimum absolute atomic E-state index is 0.115. The highest BCUT2D eigenvalue weighted by Gasteiger charge is 2.21. The van der Waals surface area contributed by atoms with E-state index in [0.29, 0.717) is 35.2 Å². The minimum Gasteiger partial charge on any atom is -0.370 e. The van der Waals surface area contributed by atoms with Gasteiger partial charge in [-0.1, -0.05) is 23.9 Å². The van der Waals surface area contributed by atoms with Crippen LogP contribution >= 0.6 is 11.8 Å². The second-order valence-electron chi connectivity index (χ2n) is 5.96. The molecule has 1 heterocycles. The van der Waals surface area contributed by atoms with Crippen molar-refractivity contribution in [2.75, 3.05) is 5.32 Å². The zero-order chi connectivity index (χ0) is 20.0. The fraction of sp³-hybridized carbons (Fsp3) is 0.389. The Bertz CT molecular complexity index is 849. The third kappa shape index (κ3) is 5.40. The molecule has 8 nitrogen and oxygen atoms in total. The normalized spacial score (nSPS) is 11.8. The van der Waals surface area contributed by atoms with Crippen molar-refractivity contribution in [3.8, 4) is 0 Å². The van der Waals surface area contributed by atoms with Crippen LogP contribution in [-0.2, 0) is 22.6 Å². The molecule has 0 aliphatic carbocycles. The molecule has 0 saturated heterocycles. The number of rotatable bonds is 9. The number of aromatic nitrogens is 3. The average Bonchev–Trinajstić information content (AvgIpc) is 3.01. The van der Waals surface area contributed by atoms with Crippen molar-refractivity contribution >= 4 is 35.0 Å². The predicted octanol–water partition coefficient (Wildman–Crippen LogP) is 2.04. The van der Waals surface area contributed by atoms with Crippen LogP contribution in [0, 0.1) is 0 Å². The molecule has 3 N–H and O–H groups in total. The standard InChI is InChI=1S/C18H23N5O3S/c1-4-23-16(10-9-15(19)25)21-22-18(23)27-12(3)17(26)20-14-8-6-5-7-13(14)11(2)24/h5-8,12H,4,9-10H2,1-3H3,(H2,19,25)(H,20,26)/t12-/m1/s1. The van der Waals surface area contributed by atoms with E-state index in [1.54, 1.807) is 31.2 Å². The molecule has 0 fully saturated rings. The number of anilines is 1. The van der Waals surface area contributed by atoms with E-state index in [1.807, 2.05) is 11.5 Å². The van der Waals surface area contributed by atoms with E-state index in [0.717, 1.165) is 0 Å². The summed E-state index contributed by atoms with van der Waals surface area (Å²) in [6.45, 7) is 5.77. The van der Waals surface area contributed by atoms with Crippen molar-refractivity contribution in [3.63, 3.8) is 0 Å². The number of primary amides is 1. The van der Waals surface area contributed by atoms with Gasteiger partial charge < -0.3 is 15.6 Å². The van der Waals surface area contributed by atoms with Crippen molar-refractivity contribution in [2.45, 2.75) is 50.6 Å². The molecule has 144 valence electrons. The Labute approximate surface area is 161 Å². The zero-order valence-electron chi connectivity index (χ0n) is 15.6. The summed E-state index contributed by atoms with van der Waals surface area (Å²) in [4.78, 5) is 35.2. The number of nitrogens with one attached hydrogen (secondary N) is 1.